The third-order valence-electron chi connectivity index (χ3n) is 3.05. The van der Waals surface area contributed by atoms with Gasteiger partial charge in [-0.2, -0.15) is 0 Å². The molecule has 2 aliphatic rings. The number of morpholine rings is 1. The minimum atomic E-state index is 0.746. The summed E-state index contributed by atoms with van der Waals surface area (Å²) in [7, 11) is 0. The quantitative estimate of drug-likeness (QED) is 0.661. The van der Waals surface area contributed by atoms with Crippen molar-refractivity contribution in [1.29, 1.82) is 0 Å². The fourth-order valence-electron chi connectivity index (χ4n) is 2.27. The molecular weight excluding hydrogens is 162 g/mol. The molecule has 1 aliphatic carbocycles. The molecule has 1 unspecified atom stereocenters. The van der Waals surface area contributed by atoms with Crippen LogP contribution in [0.25, 0.3) is 0 Å². The zero-order chi connectivity index (χ0) is 9.26. The molecule has 0 radical (unpaired) electrons. The van der Waals surface area contributed by atoms with Gasteiger partial charge in [0.1, 0.15) is 0 Å². The van der Waals surface area contributed by atoms with E-state index in [0.29, 0.717) is 0 Å². The highest BCUT2D eigenvalue weighted by atomic mass is 16.5. The van der Waals surface area contributed by atoms with Crippen LogP contribution < -0.4 is 0 Å². The van der Waals surface area contributed by atoms with Crippen molar-refractivity contribution in [3.63, 3.8) is 0 Å². The van der Waals surface area contributed by atoms with Crippen molar-refractivity contribution in [3.8, 4) is 0 Å². The van der Waals surface area contributed by atoms with Crippen molar-refractivity contribution < 1.29 is 4.74 Å². The standard InChI is InChI=1S/C11H21NO/c1-9(2)7-12-5-6-13-8-11(12)10-3-4-10/h9-11H,3-8H2,1-2H3. The van der Waals surface area contributed by atoms with Crippen molar-refractivity contribution in [3.05, 3.63) is 0 Å². The van der Waals surface area contributed by atoms with Crippen molar-refractivity contribution in [1.82, 2.24) is 4.90 Å². The van der Waals surface area contributed by atoms with Crippen molar-refractivity contribution >= 4 is 0 Å². The maximum atomic E-state index is 5.55. The van der Waals surface area contributed by atoms with Crippen LogP contribution in [0, 0.1) is 11.8 Å². The van der Waals surface area contributed by atoms with Gasteiger partial charge >= 0.3 is 0 Å². The Morgan fingerprint density at radius 3 is 2.77 bits per heavy atom. The van der Waals surface area contributed by atoms with Crippen LogP contribution >= 0.6 is 0 Å². The predicted octanol–water partition coefficient (Wildman–Crippen LogP) is 1.75. The summed E-state index contributed by atoms with van der Waals surface area (Å²) < 4.78 is 5.55. The van der Waals surface area contributed by atoms with Gasteiger partial charge in [0.25, 0.3) is 0 Å². The third kappa shape index (κ3) is 2.44. The van der Waals surface area contributed by atoms with E-state index in [1.807, 2.05) is 0 Å². The normalized spacial score (nSPS) is 31.2. The molecule has 0 aromatic carbocycles. The Morgan fingerprint density at radius 1 is 1.38 bits per heavy atom. The van der Waals surface area contributed by atoms with E-state index in [-0.39, 0.29) is 0 Å². The molecule has 2 nitrogen and oxygen atoms in total. The van der Waals surface area contributed by atoms with Gasteiger partial charge < -0.3 is 4.74 Å². The van der Waals surface area contributed by atoms with E-state index in [1.54, 1.807) is 0 Å². The van der Waals surface area contributed by atoms with E-state index >= 15 is 0 Å². The maximum absolute atomic E-state index is 5.55. The zero-order valence-electron chi connectivity index (χ0n) is 8.83. The first kappa shape index (κ1) is 9.47. The minimum absolute atomic E-state index is 0.746. The summed E-state index contributed by atoms with van der Waals surface area (Å²) in [6.45, 7) is 8.94. The first-order valence-corrected chi connectivity index (χ1v) is 5.59. The van der Waals surface area contributed by atoms with Crippen LogP contribution in [0.4, 0.5) is 0 Å². The van der Waals surface area contributed by atoms with Crippen LogP contribution in [0.15, 0.2) is 0 Å². The lowest BCUT2D eigenvalue weighted by atomic mass is 10.1. The van der Waals surface area contributed by atoms with Crippen molar-refractivity contribution in [2.45, 2.75) is 32.7 Å². The number of hydrogen-bond acceptors (Lipinski definition) is 2. The second kappa shape index (κ2) is 3.97. The third-order valence-corrected chi connectivity index (χ3v) is 3.05. The minimum Gasteiger partial charge on any atom is -0.378 e. The fourth-order valence-corrected chi connectivity index (χ4v) is 2.27. The van der Waals surface area contributed by atoms with Gasteiger partial charge in [0, 0.05) is 19.1 Å². The van der Waals surface area contributed by atoms with Crippen LogP contribution in [-0.4, -0.2) is 37.2 Å². The second-order valence-corrected chi connectivity index (χ2v) is 4.87. The van der Waals surface area contributed by atoms with Crippen molar-refractivity contribution in [2.24, 2.45) is 11.8 Å². The summed E-state index contributed by atoms with van der Waals surface area (Å²) in [5.41, 5.74) is 0. The lowest BCUT2D eigenvalue weighted by Gasteiger charge is -2.36. The molecule has 0 bridgehead atoms. The molecule has 1 heterocycles. The van der Waals surface area contributed by atoms with Crippen LogP contribution in [0.5, 0.6) is 0 Å². The number of ether oxygens (including phenoxy) is 1. The van der Waals surface area contributed by atoms with Gasteiger partial charge in [-0.1, -0.05) is 13.8 Å². The van der Waals surface area contributed by atoms with Crippen LogP contribution in [0.1, 0.15) is 26.7 Å². The molecule has 0 aromatic heterocycles. The van der Waals surface area contributed by atoms with Gasteiger partial charge in [-0.3, -0.25) is 4.90 Å². The average molecular weight is 183 g/mol. The lowest BCUT2D eigenvalue weighted by Crippen LogP contribution is -2.48. The predicted molar refractivity (Wildman–Crippen MR) is 53.7 cm³/mol. The van der Waals surface area contributed by atoms with E-state index in [4.69, 9.17) is 4.74 Å². The first-order valence-electron chi connectivity index (χ1n) is 5.59. The van der Waals surface area contributed by atoms with Crippen LogP contribution in [0.3, 0.4) is 0 Å². The SMILES string of the molecule is CC(C)CN1CCOCC1C1CC1. The number of rotatable bonds is 3. The Balaban J connectivity index is 1.88. The van der Waals surface area contributed by atoms with E-state index < -0.39 is 0 Å². The molecular formula is C11H21NO. The molecule has 0 spiro atoms. The number of hydrogen-bond donors (Lipinski definition) is 0. The van der Waals surface area contributed by atoms with Gasteiger partial charge in [-0.15, -0.1) is 0 Å². The van der Waals surface area contributed by atoms with Gasteiger partial charge in [0.2, 0.25) is 0 Å². The summed E-state index contributed by atoms with van der Waals surface area (Å²) in [4.78, 5) is 2.64. The Bertz CT molecular complexity index is 165. The molecule has 2 heteroatoms. The first-order chi connectivity index (χ1) is 6.27. The Hall–Kier alpha value is -0.0800. The second-order valence-electron chi connectivity index (χ2n) is 4.87. The molecule has 1 saturated heterocycles. The summed E-state index contributed by atoms with van der Waals surface area (Å²) in [5, 5.41) is 0. The Labute approximate surface area is 81.3 Å². The summed E-state index contributed by atoms with van der Waals surface area (Å²) in [6.07, 6.45) is 2.87. The molecule has 0 aromatic rings. The molecule has 1 aliphatic heterocycles. The van der Waals surface area contributed by atoms with Gasteiger partial charge in [0.15, 0.2) is 0 Å². The maximum Gasteiger partial charge on any atom is 0.0625 e. The highest BCUT2D eigenvalue weighted by Crippen LogP contribution is 2.36. The van der Waals surface area contributed by atoms with E-state index in [0.717, 1.165) is 37.6 Å². The largest absolute Gasteiger partial charge is 0.378 e. The van der Waals surface area contributed by atoms with Crippen LogP contribution in [-0.2, 0) is 4.74 Å². The molecule has 2 rings (SSSR count). The number of nitrogens with zero attached hydrogens (tertiary/aromatic N) is 1. The van der Waals surface area contributed by atoms with Gasteiger partial charge in [0.05, 0.1) is 13.2 Å². The van der Waals surface area contributed by atoms with Gasteiger partial charge in [-0.25, -0.2) is 0 Å². The van der Waals surface area contributed by atoms with Gasteiger partial charge in [-0.05, 0) is 24.7 Å². The van der Waals surface area contributed by atoms with Crippen molar-refractivity contribution in [2.75, 3.05) is 26.3 Å². The smallest absolute Gasteiger partial charge is 0.0625 e. The zero-order valence-corrected chi connectivity index (χ0v) is 8.83. The summed E-state index contributed by atoms with van der Waals surface area (Å²) in [6, 6.07) is 0.746. The summed E-state index contributed by atoms with van der Waals surface area (Å²) in [5.74, 6) is 1.75. The average Bonchev–Trinajstić information content (AvgIpc) is 2.87. The molecule has 13 heavy (non-hydrogen) atoms. The lowest BCUT2D eigenvalue weighted by molar-refractivity contribution is -0.0203. The van der Waals surface area contributed by atoms with E-state index in [9.17, 15) is 0 Å². The van der Waals surface area contributed by atoms with Crippen LogP contribution in [0.2, 0.25) is 0 Å². The Morgan fingerprint density at radius 2 is 2.15 bits per heavy atom. The molecule has 0 N–H and O–H groups in total. The molecule has 76 valence electrons. The topological polar surface area (TPSA) is 12.5 Å². The molecule has 0 amide bonds. The molecule has 1 atom stereocenters. The summed E-state index contributed by atoms with van der Waals surface area (Å²) >= 11 is 0. The highest BCUT2D eigenvalue weighted by Gasteiger charge is 2.36. The Kier molecular flexibility index (Phi) is 2.89. The van der Waals surface area contributed by atoms with E-state index in [2.05, 4.69) is 18.7 Å². The fraction of sp³-hybridized carbons (Fsp3) is 1.00. The molecule has 2 fully saturated rings. The van der Waals surface area contributed by atoms with E-state index in [1.165, 1.54) is 19.4 Å². The molecule has 1 saturated carbocycles. The monoisotopic (exact) mass is 183 g/mol. The highest BCUT2D eigenvalue weighted by molar-refractivity contribution is 4.90.